The molecule has 1 fully saturated rings. The first-order valence-corrected chi connectivity index (χ1v) is 11.7. The molecule has 1 saturated heterocycles. The molecule has 5 rings (SSSR count). The van der Waals surface area contributed by atoms with Crippen molar-refractivity contribution < 1.29 is 4.79 Å². The second-order valence-electron chi connectivity index (χ2n) is 9.32. The Hall–Kier alpha value is -3.32. The number of carbonyl (C=O) groups is 1. The molecule has 3 unspecified atom stereocenters. The smallest absolute Gasteiger partial charge is 0.220 e. The summed E-state index contributed by atoms with van der Waals surface area (Å²) < 4.78 is 0. The molecule has 0 saturated carbocycles. The Kier molecular flexibility index (Phi) is 5.81. The zero-order chi connectivity index (χ0) is 22.9. The van der Waals surface area contributed by atoms with Gasteiger partial charge < -0.3 is 15.2 Å². The van der Waals surface area contributed by atoms with Gasteiger partial charge in [0.2, 0.25) is 5.91 Å². The van der Waals surface area contributed by atoms with E-state index < -0.39 is 0 Å². The van der Waals surface area contributed by atoms with Crippen molar-refractivity contribution in [2.75, 3.05) is 0 Å². The van der Waals surface area contributed by atoms with Crippen LogP contribution in [0.1, 0.15) is 53.1 Å². The number of benzene rings is 2. The predicted octanol–water partition coefficient (Wildman–Crippen LogP) is 3.36. The fourth-order valence-electron chi connectivity index (χ4n) is 4.87. The van der Waals surface area contributed by atoms with Crippen LogP contribution in [0.5, 0.6) is 0 Å². The van der Waals surface area contributed by atoms with E-state index in [1.165, 1.54) is 22.3 Å². The highest BCUT2D eigenvalue weighted by atomic mass is 16.1. The van der Waals surface area contributed by atoms with Gasteiger partial charge in [-0.1, -0.05) is 53.6 Å². The highest BCUT2D eigenvalue weighted by Gasteiger charge is 2.44. The molecule has 3 heterocycles. The van der Waals surface area contributed by atoms with Crippen LogP contribution in [0.25, 0.3) is 0 Å². The first kappa shape index (κ1) is 21.5. The summed E-state index contributed by atoms with van der Waals surface area (Å²) in [6.07, 6.45) is 6.23. The van der Waals surface area contributed by atoms with Crippen molar-refractivity contribution in [2.24, 2.45) is 5.10 Å². The topological polar surface area (TPSA) is 72.0 Å². The lowest BCUT2D eigenvalue weighted by Crippen LogP contribution is -2.54. The summed E-state index contributed by atoms with van der Waals surface area (Å²) in [5.74, 6) is 0.957. The van der Waals surface area contributed by atoms with Crippen molar-refractivity contribution in [1.82, 2.24) is 26.1 Å². The van der Waals surface area contributed by atoms with Crippen molar-refractivity contribution in [2.45, 2.75) is 64.8 Å². The molecular formula is C26H32N6O. The summed E-state index contributed by atoms with van der Waals surface area (Å²) in [4.78, 5) is 14.6. The molecule has 0 aromatic heterocycles. The third-order valence-corrected chi connectivity index (χ3v) is 6.81. The van der Waals surface area contributed by atoms with Crippen LogP contribution in [0.3, 0.4) is 0 Å². The van der Waals surface area contributed by atoms with E-state index in [2.05, 4.69) is 107 Å². The quantitative estimate of drug-likeness (QED) is 0.637. The molecule has 172 valence electrons. The van der Waals surface area contributed by atoms with Crippen molar-refractivity contribution in [1.29, 1.82) is 0 Å². The number of amidine groups is 1. The number of hydrogen-bond donors (Lipinski definition) is 3. The molecule has 2 aromatic rings. The van der Waals surface area contributed by atoms with Gasteiger partial charge in [0.15, 0.2) is 0 Å². The van der Waals surface area contributed by atoms with Gasteiger partial charge in [-0.05, 0) is 43.9 Å². The third-order valence-electron chi connectivity index (χ3n) is 6.81. The molecule has 1 amide bonds. The first-order valence-electron chi connectivity index (χ1n) is 11.7. The molecule has 2 aromatic carbocycles. The lowest BCUT2D eigenvalue weighted by molar-refractivity contribution is -0.121. The van der Waals surface area contributed by atoms with E-state index in [9.17, 15) is 4.79 Å². The number of carbonyl (C=O) groups excluding carboxylic acids is 1. The number of hydrogen-bond acceptors (Lipinski definition) is 6. The zero-order valence-electron chi connectivity index (χ0n) is 19.5. The first-order chi connectivity index (χ1) is 16.0. The van der Waals surface area contributed by atoms with Crippen molar-refractivity contribution in [3.8, 4) is 0 Å². The maximum atomic E-state index is 12.4. The van der Waals surface area contributed by atoms with E-state index in [0.29, 0.717) is 19.4 Å². The predicted molar refractivity (Wildman–Crippen MR) is 130 cm³/mol. The summed E-state index contributed by atoms with van der Waals surface area (Å²) in [5.41, 5.74) is 13.2. The highest BCUT2D eigenvalue weighted by molar-refractivity contribution is 5.89. The van der Waals surface area contributed by atoms with Crippen LogP contribution >= 0.6 is 0 Å². The van der Waals surface area contributed by atoms with Crippen LogP contribution in [0.4, 0.5) is 0 Å². The minimum Gasteiger partial charge on any atom is -0.352 e. The summed E-state index contributed by atoms with van der Waals surface area (Å²) >= 11 is 0. The van der Waals surface area contributed by atoms with Gasteiger partial charge in [0.05, 0.1) is 12.1 Å². The Balaban J connectivity index is 1.16. The van der Waals surface area contributed by atoms with E-state index in [1.807, 2.05) is 0 Å². The molecule has 0 radical (unpaired) electrons. The molecule has 0 aliphatic carbocycles. The van der Waals surface area contributed by atoms with E-state index in [0.717, 1.165) is 17.8 Å². The number of fused-ring (bicyclic) bond motifs is 3. The summed E-state index contributed by atoms with van der Waals surface area (Å²) in [7, 11) is 0. The lowest BCUT2D eigenvalue weighted by Gasteiger charge is -2.37. The zero-order valence-corrected chi connectivity index (χ0v) is 19.5. The molecule has 3 aliphatic heterocycles. The Morgan fingerprint density at radius 2 is 1.88 bits per heavy atom. The number of amides is 1. The Morgan fingerprint density at radius 3 is 2.70 bits per heavy atom. The molecular weight excluding hydrogens is 412 g/mol. The molecule has 7 heteroatoms. The average molecular weight is 445 g/mol. The van der Waals surface area contributed by atoms with Crippen molar-refractivity contribution in [3.63, 3.8) is 0 Å². The van der Waals surface area contributed by atoms with Crippen LogP contribution in [0.2, 0.25) is 0 Å². The summed E-state index contributed by atoms with van der Waals surface area (Å²) in [6, 6.07) is 15.4. The average Bonchev–Trinajstić information content (AvgIpc) is 3.42. The summed E-state index contributed by atoms with van der Waals surface area (Å²) in [6.45, 7) is 6.93. The van der Waals surface area contributed by atoms with E-state index in [4.69, 9.17) is 0 Å². The largest absolute Gasteiger partial charge is 0.352 e. The molecule has 33 heavy (non-hydrogen) atoms. The number of nitrogens with zero attached hydrogens (tertiary/aromatic N) is 3. The van der Waals surface area contributed by atoms with Gasteiger partial charge in [-0.2, -0.15) is 5.10 Å². The molecule has 0 bridgehead atoms. The van der Waals surface area contributed by atoms with Gasteiger partial charge in [0.25, 0.3) is 0 Å². The SMILES string of the molecule is Cc1ccc(CNC(=O)CCC2=NNC3C4CC(c5cc(C)ccc5C)NN4C=CN23)cc1. The minimum absolute atomic E-state index is 0.0434. The highest BCUT2D eigenvalue weighted by Crippen LogP contribution is 2.35. The molecule has 3 N–H and O–H groups in total. The van der Waals surface area contributed by atoms with E-state index in [-0.39, 0.29) is 24.2 Å². The van der Waals surface area contributed by atoms with Crippen LogP contribution in [-0.4, -0.2) is 33.9 Å². The van der Waals surface area contributed by atoms with Crippen LogP contribution < -0.4 is 16.2 Å². The molecule has 0 spiro atoms. The van der Waals surface area contributed by atoms with Gasteiger partial charge in [-0.15, -0.1) is 0 Å². The number of hydrazine groups is 1. The Morgan fingerprint density at radius 1 is 1.09 bits per heavy atom. The van der Waals surface area contributed by atoms with E-state index in [1.54, 1.807) is 0 Å². The molecule has 7 nitrogen and oxygen atoms in total. The van der Waals surface area contributed by atoms with E-state index >= 15 is 0 Å². The Labute approximate surface area is 195 Å². The third kappa shape index (κ3) is 4.46. The molecule has 3 atom stereocenters. The van der Waals surface area contributed by atoms with Gasteiger partial charge >= 0.3 is 0 Å². The number of aryl methyl sites for hydroxylation is 3. The second-order valence-corrected chi connectivity index (χ2v) is 9.32. The van der Waals surface area contributed by atoms with Gasteiger partial charge in [-0.25, -0.2) is 5.43 Å². The fraction of sp³-hybridized carbons (Fsp3) is 0.385. The maximum Gasteiger partial charge on any atom is 0.220 e. The van der Waals surface area contributed by atoms with Gasteiger partial charge in [-0.3, -0.25) is 10.2 Å². The molecule has 3 aliphatic rings. The lowest BCUT2D eigenvalue weighted by atomic mass is 9.95. The van der Waals surface area contributed by atoms with Crippen molar-refractivity contribution in [3.05, 3.63) is 82.7 Å². The fourth-order valence-corrected chi connectivity index (χ4v) is 4.87. The maximum absolute atomic E-state index is 12.4. The number of nitrogens with one attached hydrogen (secondary N) is 3. The number of rotatable bonds is 6. The Bertz CT molecular complexity index is 1090. The summed E-state index contributed by atoms with van der Waals surface area (Å²) in [5, 5.41) is 9.79. The van der Waals surface area contributed by atoms with Crippen LogP contribution in [-0.2, 0) is 11.3 Å². The second kappa shape index (κ2) is 8.90. The monoisotopic (exact) mass is 444 g/mol. The number of hydrazone groups is 1. The standard InChI is InChI=1S/C26H32N6O/c1-17-5-8-20(9-6-17)16-27-25(33)11-10-24-28-29-26-23-15-22(30-32(23)13-12-31(24)26)21-14-18(2)4-7-19(21)3/h4-9,12-14,22-23,26,29-30H,10-11,15-16H2,1-3H3,(H,27,33). The van der Waals surface area contributed by atoms with Crippen LogP contribution in [0, 0.1) is 20.8 Å². The normalized spacial score (nSPS) is 23.1. The van der Waals surface area contributed by atoms with Crippen LogP contribution in [0.15, 0.2) is 60.0 Å². The van der Waals surface area contributed by atoms with Gasteiger partial charge in [0.1, 0.15) is 12.0 Å². The van der Waals surface area contributed by atoms with Gasteiger partial charge in [0, 0.05) is 31.8 Å². The van der Waals surface area contributed by atoms with Crippen molar-refractivity contribution >= 4 is 11.7 Å². The minimum atomic E-state index is 0.0434.